The molecule has 12 nitrogen and oxygen atoms in total. The third kappa shape index (κ3) is 9.03. The Labute approximate surface area is 313 Å². The summed E-state index contributed by atoms with van der Waals surface area (Å²) in [7, 11) is -3.87. The Balaban J connectivity index is 1.25. The maximum absolute atomic E-state index is 13.6. The number of carbonyl (C=O) groups excluding carboxylic acids is 3. The molecule has 6 rings (SSSR count). The van der Waals surface area contributed by atoms with Crippen molar-refractivity contribution in [2.75, 3.05) is 23.7 Å². The number of carbonyl (C=O) groups is 3. The van der Waals surface area contributed by atoms with Crippen molar-refractivity contribution in [2.24, 2.45) is 5.92 Å². The number of ether oxygens (including phenoxy) is 3. The summed E-state index contributed by atoms with van der Waals surface area (Å²) in [6.45, 7) is -2.03. The highest BCUT2D eigenvalue weighted by Gasteiger charge is 2.38. The van der Waals surface area contributed by atoms with Crippen LogP contribution in [-0.4, -0.2) is 67.1 Å². The van der Waals surface area contributed by atoms with E-state index in [1.165, 1.54) is 48.8 Å². The zero-order chi connectivity index (χ0) is 38.0. The number of sulfonamides is 1. The van der Waals surface area contributed by atoms with Crippen LogP contribution in [0.3, 0.4) is 0 Å². The van der Waals surface area contributed by atoms with Crippen LogP contribution in [0.5, 0.6) is 11.5 Å². The molecule has 0 unspecified atom stereocenters. The average Bonchev–Trinajstić information content (AvgIpc) is 3.90. The molecule has 1 saturated carbocycles. The fraction of sp³-hybridized carbons (Fsp3) is 0.306. The number of fused-ring (bicyclic) bond motifs is 1. The van der Waals surface area contributed by atoms with Crippen molar-refractivity contribution in [3.8, 4) is 11.5 Å². The molecule has 2 aromatic heterocycles. The highest BCUT2D eigenvalue weighted by atomic mass is 35.5. The van der Waals surface area contributed by atoms with Crippen LogP contribution in [0.25, 0.3) is 0 Å². The summed E-state index contributed by atoms with van der Waals surface area (Å²) >= 11 is 12.8. The van der Waals surface area contributed by atoms with Crippen molar-refractivity contribution in [2.45, 2.75) is 45.4 Å². The first-order valence-corrected chi connectivity index (χ1v) is 18.9. The van der Waals surface area contributed by atoms with Crippen LogP contribution < -0.4 is 13.8 Å². The number of hydrogen-bond acceptors (Lipinski definition) is 10. The van der Waals surface area contributed by atoms with Crippen LogP contribution >= 0.6 is 23.2 Å². The van der Waals surface area contributed by atoms with Crippen LogP contribution in [0, 0.1) is 12.8 Å². The summed E-state index contributed by atoms with van der Waals surface area (Å²) < 4.78 is 69.5. The fourth-order valence-corrected chi connectivity index (χ4v) is 7.09. The zero-order valence-corrected chi connectivity index (χ0v) is 30.6. The van der Waals surface area contributed by atoms with Gasteiger partial charge in [0.05, 0.1) is 52.0 Å². The lowest BCUT2D eigenvalue weighted by molar-refractivity contribution is -0.149. The number of halogens is 4. The fourth-order valence-electron chi connectivity index (χ4n) is 5.71. The Morgan fingerprint density at radius 2 is 1.72 bits per heavy atom. The van der Waals surface area contributed by atoms with E-state index in [2.05, 4.69) is 14.7 Å². The van der Waals surface area contributed by atoms with Gasteiger partial charge < -0.3 is 14.2 Å². The largest absolute Gasteiger partial charge is 0.489 e. The summed E-state index contributed by atoms with van der Waals surface area (Å²) in [5, 5.41) is 0.331. The molecule has 4 aromatic rings. The minimum absolute atomic E-state index is 0.000131. The molecule has 0 bridgehead atoms. The van der Waals surface area contributed by atoms with Gasteiger partial charge >= 0.3 is 12.6 Å². The first-order valence-electron chi connectivity index (χ1n) is 16.3. The third-order valence-corrected chi connectivity index (χ3v) is 10.3. The molecular weight excluding hydrogens is 757 g/mol. The number of hydrogen-bond donors (Lipinski definition) is 0. The molecule has 0 N–H and O–H groups in total. The van der Waals surface area contributed by atoms with Gasteiger partial charge in [0.1, 0.15) is 12.6 Å². The molecule has 0 radical (unpaired) electrons. The van der Waals surface area contributed by atoms with E-state index in [-0.39, 0.29) is 63.8 Å². The van der Waals surface area contributed by atoms with Gasteiger partial charge in [0.2, 0.25) is 10.0 Å². The van der Waals surface area contributed by atoms with Crippen molar-refractivity contribution in [1.82, 2.24) is 14.9 Å². The Morgan fingerprint density at radius 1 is 1.00 bits per heavy atom. The predicted molar refractivity (Wildman–Crippen MR) is 190 cm³/mol. The van der Waals surface area contributed by atoms with Crippen LogP contribution in [0.1, 0.15) is 62.2 Å². The number of esters is 1. The lowest BCUT2D eigenvalue weighted by Gasteiger charge is -2.23. The summed E-state index contributed by atoms with van der Waals surface area (Å²) in [6.07, 6.45) is 4.31. The Morgan fingerprint density at radius 3 is 2.38 bits per heavy atom. The van der Waals surface area contributed by atoms with Crippen molar-refractivity contribution in [3.05, 3.63) is 111 Å². The average molecular weight is 790 g/mol. The van der Waals surface area contributed by atoms with Gasteiger partial charge in [-0.3, -0.25) is 33.6 Å². The molecule has 1 aliphatic carbocycles. The second-order valence-electron chi connectivity index (χ2n) is 12.6. The lowest BCUT2D eigenvalue weighted by Crippen LogP contribution is -2.36. The maximum Gasteiger partial charge on any atom is 0.387 e. The van der Waals surface area contributed by atoms with Crippen LogP contribution in [0.2, 0.25) is 10.0 Å². The smallest absolute Gasteiger partial charge is 0.387 e. The molecular formula is C36H32Cl2F2N4O8S. The summed E-state index contributed by atoms with van der Waals surface area (Å²) in [5.41, 5.74) is 1.78. The number of anilines is 1. The zero-order valence-electron chi connectivity index (χ0n) is 28.3. The quantitative estimate of drug-likeness (QED) is 0.0958. The second-order valence-corrected chi connectivity index (χ2v) is 15.3. The minimum Gasteiger partial charge on any atom is -0.489 e. The van der Waals surface area contributed by atoms with Gasteiger partial charge in [0.25, 0.3) is 11.8 Å². The van der Waals surface area contributed by atoms with Gasteiger partial charge in [0, 0.05) is 24.5 Å². The van der Waals surface area contributed by atoms with E-state index >= 15 is 0 Å². The molecule has 278 valence electrons. The van der Waals surface area contributed by atoms with Gasteiger partial charge in [-0.2, -0.15) is 8.78 Å². The van der Waals surface area contributed by atoms with Gasteiger partial charge in [-0.15, -0.1) is 0 Å². The molecule has 2 aromatic carbocycles. The lowest BCUT2D eigenvalue weighted by atomic mass is 10.0. The van der Waals surface area contributed by atoms with Crippen molar-refractivity contribution < 1.29 is 45.8 Å². The molecule has 1 atom stereocenters. The first kappa shape index (κ1) is 37.9. The minimum atomic E-state index is -3.87. The van der Waals surface area contributed by atoms with E-state index < -0.39 is 47.1 Å². The molecule has 17 heteroatoms. The number of benzene rings is 2. The van der Waals surface area contributed by atoms with Gasteiger partial charge in [-0.05, 0) is 79.3 Å². The van der Waals surface area contributed by atoms with Crippen molar-refractivity contribution in [1.29, 1.82) is 0 Å². The third-order valence-electron chi connectivity index (χ3n) is 8.52. The van der Waals surface area contributed by atoms with E-state index in [0.717, 1.165) is 23.4 Å². The van der Waals surface area contributed by atoms with E-state index in [1.54, 1.807) is 25.1 Å². The normalized spacial score (nSPS) is 14.7. The number of aryl methyl sites for hydroxylation is 1. The Kier molecular flexibility index (Phi) is 11.2. The number of pyridine rings is 2. The standard InChI is InChI=1S/C36H32Cl2F2N4O8S/c1-20-4-3-5-23(42-20)17-44(53(2,48)49)24-9-10-25-26(13-24)35(47)43(34(25)46)18-33(45)51-31(14-27-28(37)15-41-16-29(27)38)22-8-11-30(52-36(39)40)32(12-22)50-19-21-6-7-21/h3-5,8-13,15-16,21,31,36H,6-7,14,17-19H2,1-2H3/t31-/m0/s1. The summed E-state index contributed by atoms with van der Waals surface area (Å²) in [4.78, 5) is 49.6. The van der Waals surface area contributed by atoms with Crippen molar-refractivity contribution in [3.63, 3.8) is 0 Å². The monoisotopic (exact) mass is 788 g/mol. The van der Waals surface area contributed by atoms with E-state index in [4.69, 9.17) is 32.7 Å². The summed E-state index contributed by atoms with van der Waals surface area (Å²) in [6, 6.07) is 13.2. The number of nitrogens with zero attached hydrogens (tertiary/aromatic N) is 4. The number of rotatable bonds is 15. The molecule has 0 spiro atoms. The van der Waals surface area contributed by atoms with Crippen LogP contribution in [-0.2, 0) is 32.5 Å². The number of amides is 2. The second kappa shape index (κ2) is 15.6. The maximum atomic E-state index is 13.6. The topological polar surface area (TPSA) is 145 Å². The number of aromatic nitrogens is 2. The molecule has 53 heavy (non-hydrogen) atoms. The van der Waals surface area contributed by atoms with Crippen molar-refractivity contribution >= 4 is 56.7 Å². The van der Waals surface area contributed by atoms with Gasteiger partial charge in [-0.1, -0.05) is 35.3 Å². The van der Waals surface area contributed by atoms with E-state index in [0.29, 0.717) is 27.4 Å². The molecule has 1 fully saturated rings. The predicted octanol–water partition coefficient (Wildman–Crippen LogP) is 6.57. The Bertz CT molecular complexity index is 2170. The molecule has 1 aliphatic heterocycles. The van der Waals surface area contributed by atoms with Gasteiger partial charge in [0.15, 0.2) is 11.5 Å². The number of alkyl halides is 2. The SMILES string of the molecule is Cc1cccc(CN(c2ccc3c(c2)C(=O)N(CC(=O)O[C@@H](Cc2c(Cl)cncc2Cl)c2ccc(OC(F)F)c(OCC4CC4)c2)C3=O)S(C)(=O)=O)n1. The van der Waals surface area contributed by atoms with E-state index in [9.17, 15) is 31.6 Å². The van der Waals surface area contributed by atoms with Gasteiger partial charge in [-0.25, -0.2) is 8.42 Å². The first-order chi connectivity index (χ1) is 25.2. The van der Waals surface area contributed by atoms with E-state index in [1.807, 2.05) is 0 Å². The highest BCUT2D eigenvalue weighted by Crippen LogP contribution is 2.38. The molecule has 0 saturated heterocycles. The van der Waals surface area contributed by atoms with Crippen LogP contribution in [0.15, 0.2) is 67.0 Å². The molecule has 2 amide bonds. The Hall–Kier alpha value is -4.86. The number of imide groups is 1. The summed E-state index contributed by atoms with van der Waals surface area (Å²) in [5.74, 6) is -2.57. The van der Waals surface area contributed by atoms with Crippen LogP contribution in [0.4, 0.5) is 14.5 Å². The molecule has 2 aliphatic rings. The molecule has 3 heterocycles. The highest BCUT2D eigenvalue weighted by molar-refractivity contribution is 7.92.